The summed E-state index contributed by atoms with van der Waals surface area (Å²) in [6.07, 6.45) is 4.82. The molecule has 0 amide bonds. The van der Waals surface area contributed by atoms with E-state index in [1.807, 2.05) is 6.07 Å². The second-order valence-electron chi connectivity index (χ2n) is 6.64. The van der Waals surface area contributed by atoms with Gasteiger partial charge in [0, 0.05) is 18.2 Å². The van der Waals surface area contributed by atoms with Gasteiger partial charge in [-0.2, -0.15) is 0 Å². The minimum absolute atomic E-state index is 0.179. The van der Waals surface area contributed by atoms with Crippen molar-refractivity contribution >= 4 is 0 Å². The van der Waals surface area contributed by atoms with Gasteiger partial charge < -0.3 is 14.9 Å². The van der Waals surface area contributed by atoms with E-state index in [0.717, 1.165) is 18.5 Å². The summed E-state index contributed by atoms with van der Waals surface area (Å²) in [5.41, 5.74) is 0.982. The number of aromatic nitrogens is 1. The van der Waals surface area contributed by atoms with E-state index < -0.39 is 0 Å². The molecule has 1 heterocycles. The molecule has 2 atom stereocenters. The standard InChI is InChI=1S/C14H24N2O2/c1-11-6-13(2,3)9-14(7-11,10-17)15-8-12-4-5-18-16-12/h4-5,11,15,17H,6-10H2,1-3H3/t11-,14+/m1/s1. The van der Waals surface area contributed by atoms with Crippen molar-refractivity contribution in [3.8, 4) is 0 Å². The Kier molecular flexibility index (Phi) is 3.78. The molecule has 0 saturated heterocycles. The van der Waals surface area contributed by atoms with Crippen LogP contribution in [0.2, 0.25) is 0 Å². The second kappa shape index (κ2) is 5.02. The largest absolute Gasteiger partial charge is 0.394 e. The van der Waals surface area contributed by atoms with Crippen molar-refractivity contribution in [2.75, 3.05) is 6.61 Å². The number of nitrogens with zero attached hydrogens (tertiary/aromatic N) is 1. The van der Waals surface area contributed by atoms with Crippen molar-refractivity contribution < 1.29 is 9.63 Å². The third-order valence-corrected chi connectivity index (χ3v) is 3.90. The highest BCUT2D eigenvalue weighted by Gasteiger charge is 2.42. The Hall–Kier alpha value is -0.870. The summed E-state index contributed by atoms with van der Waals surface area (Å²) in [5.74, 6) is 0.630. The lowest BCUT2D eigenvalue weighted by molar-refractivity contribution is 0.0349. The van der Waals surface area contributed by atoms with Gasteiger partial charge in [0.2, 0.25) is 0 Å². The molecule has 1 aliphatic carbocycles. The summed E-state index contributed by atoms with van der Waals surface area (Å²) in [7, 11) is 0. The highest BCUT2D eigenvalue weighted by atomic mass is 16.5. The molecule has 0 unspecified atom stereocenters. The first-order chi connectivity index (χ1) is 8.45. The average Bonchev–Trinajstić information content (AvgIpc) is 2.76. The molecule has 18 heavy (non-hydrogen) atoms. The van der Waals surface area contributed by atoms with E-state index in [0.29, 0.717) is 12.5 Å². The number of aliphatic hydroxyl groups is 1. The van der Waals surface area contributed by atoms with Crippen molar-refractivity contribution in [2.45, 2.75) is 52.1 Å². The Morgan fingerprint density at radius 2 is 2.28 bits per heavy atom. The molecule has 0 aromatic carbocycles. The van der Waals surface area contributed by atoms with Gasteiger partial charge in [0.25, 0.3) is 0 Å². The second-order valence-corrected chi connectivity index (χ2v) is 6.64. The monoisotopic (exact) mass is 252 g/mol. The Balaban J connectivity index is 2.05. The third-order valence-electron chi connectivity index (χ3n) is 3.90. The molecule has 0 aliphatic heterocycles. The zero-order chi connectivity index (χ0) is 13.2. The summed E-state index contributed by atoms with van der Waals surface area (Å²) < 4.78 is 4.83. The smallest absolute Gasteiger partial charge is 0.124 e. The quantitative estimate of drug-likeness (QED) is 0.863. The number of rotatable bonds is 4. The summed E-state index contributed by atoms with van der Waals surface area (Å²) in [5, 5.41) is 17.2. The minimum atomic E-state index is -0.180. The van der Waals surface area contributed by atoms with Gasteiger partial charge in [0.1, 0.15) is 6.26 Å². The molecule has 1 saturated carbocycles. The van der Waals surface area contributed by atoms with Crippen molar-refractivity contribution in [2.24, 2.45) is 11.3 Å². The van der Waals surface area contributed by atoms with Crippen molar-refractivity contribution in [3.05, 3.63) is 18.0 Å². The predicted octanol–water partition coefficient (Wildman–Crippen LogP) is 2.34. The van der Waals surface area contributed by atoms with Crippen LogP contribution in [-0.4, -0.2) is 22.4 Å². The minimum Gasteiger partial charge on any atom is -0.394 e. The highest BCUT2D eigenvalue weighted by molar-refractivity contribution is 5.02. The lowest BCUT2D eigenvalue weighted by atomic mass is 9.64. The van der Waals surface area contributed by atoms with Crippen LogP contribution in [0.15, 0.2) is 16.9 Å². The van der Waals surface area contributed by atoms with Gasteiger partial charge in [-0.3, -0.25) is 0 Å². The van der Waals surface area contributed by atoms with Gasteiger partial charge >= 0.3 is 0 Å². The molecule has 1 aliphatic rings. The van der Waals surface area contributed by atoms with Gasteiger partial charge in [-0.25, -0.2) is 0 Å². The van der Waals surface area contributed by atoms with Crippen LogP contribution in [0.25, 0.3) is 0 Å². The van der Waals surface area contributed by atoms with Crippen molar-refractivity contribution in [1.29, 1.82) is 0 Å². The Bertz CT molecular complexity index is 375. The maximum Gasteiger partial charge on any atom is 0.124 e. The molecule has 2 N–H and O–H groups in total. The van der Waals surface area contributed by atoms with Crippen LogP contribution in [0.1, 0.15) is 45.7 Å². The fourth-order valence-electron chi connectivity index (χ4n) is 3.66. The third kappa shape index (κ3) is 3.12. The number of hydrogen-bond donors (Lipinski definition) is 2. The van der Waals surface area contributed by atoms with Crippen LogP contribution >= 0.6 is 0 Å². The summed E-state index contributed by atoms with van der Waals surface area (Å²) >= 11 is 0. The Morgan fingerprint density at radius 3 is 2.83 bits per heavy atom. The number of nitrogens with one attached hydrogen (secondary N) is 1. The van der Waals surface area contributed by atoms with Crippen LogP contribution in [0.4, 0.5) is 0 Å². The zero-order valence-electron chi connectivity index (χ0n) is 11.6. The maximum atomic E-state index is 9.81. The molecule has 0 bridgehead atoms. The van der Waals surface area contributed by atoms with E-state index in [1.54, 1.807) is 6.26 Å². The Labute approximate surface area is 109 Å². The fraction of sp³-hybridized carbons (Fsp3) is 0.786. The van der Waals surface area contributed by atoms with E-state index in [2.05, 4.69) is 31.2 Å². The predicted molar refractivity (Wildman–Crippen MR) is 70.0 cm³/mol. The molecule has 1 aromatic rings. The van der Waals surface area contributed by atoms with Crippen LogP contribution in [0, 0.1) is 11.3 Å². The molecule has 0 radical (unpaired) electrons. The number of hydrogen-bond acceptors (Lipinski definition) is 4. The Morgan fingerprint density at radius 1 is 1.50 bits per heavy atom. The normalized spacial score (nSPS) is 31.4. The van der Waals surface area contributed by atoms with Crippen LogP contribution in [0.5, 0.6) is 0 Å². The molecule has 4 nitrogen and oxygen atoms in total. The van der Waals surface area contributed by atoms with Crippen LogP contribution < -0.4 is 5.32 Å². The van der Waals surface area contributed by atoms with Crippen LogP contribution in [-0.2, 0) is 6.54 Å². The molecule has 1 aromatic heterocycles. The summed E-state index contributed by atoms with van der Waals surface area (Å²) in [4.78, 5) is 0. The highest BCUT2D eigenvalue weighted by Crippen LogP contribution is 2.43. The van der Waals surface area contributed by atoms with Crippen molar-refractivity contribution in [1.82, 2.24) is 10.5 Å². The molecule has 2 rings (SSSR count). The zero-order valence-corrected chi connectivity index (χ0v) is 11.6. The van der Waals surface area contributed by atoms with E-state index in [-0.39, 0.29) is 17.6 Å². The molecule has 4 heteroatoms. The topological polar surface area (TPSA) is 58.3 Å². The maximum absolute atomic E-state index is 9.81. The van der Waals surface area contributed by atoms with E-state index in [9.17, 15) is 5.11 Å². The molecule has 102 valence electrons. The SMILES string of the molecule is C[C@@H]1CC(C)(C)C[C@@](CO)(NCc2ccon2)C1. The van der Waals surface area contributed by atoms with Gasteiger partial charge in [-0.05, 0) is 30.6 Å². The lowest BCUT2D eigenvalue weighted by Crippen LogP contribution is -2.54. The fourth-order valence-corrected chi connectivity index (χ4v) is 3.66. The first-order valence-corrected chi connectivity index (χ1v) is 6.70. The first-order valence-electron chi connectivity index (χ1n) is 6.70. The summed E-state index contributed by atoms with van der Waals surface area (Å²) in [6, 6.07) is 1.86. The van der Waals surface area contributed by atoms with Gasteiger partial charge in [0.05, 0.1) is 12.3 Å². The van der Waals surface area contributed by atoms with E-state index in [4.69, 9.17) is 4.52 Å². The summed E-state index contributed by atoms with van der Waals surface area (Å²) in [6.45, 7) is 7.66. The number of aliphatic hydroxyl groups excluding tert-OH is 1. The van der Waals surface area contributed by atoms with Gasteiger partial charge in [-0.15, -0.1) is 0 Å². The lowest BCUT2D eigenvalue weighted by Gasteiger charge is -2.47. The van der Waals surface area contributed by atoms with Crippen LogP contribution in [0.3, 0.4) is 0 Å². The van der Waals surface area contributed by atoms with E-state index in [1.165, 1.54) is 6.42 Å². The first kappa shape index (κ1) is 13.6. The average molecular weight is 252 g/mol. The van der Waals surface area contributed by atoms with E-state index >= 15 is 0 Å². The van der Waals surface area contributed by atoms with Gasteiger partial charge in [0.15, 0.2) is 0 Å². The molecular weight excluding hydrogens is 228 g/mol. The molecular formula is C14H24N2O2. The van der Waals surface area contributed by atoms with Gasteiger partial charge in [-0.1, -0.05) is 25.9 Å². The molecule has 1 fully saturated rings. The van der Waals surface area contributed by atoms with Crippen molar-refractivity contribution in [3.63, 3.8) is 0 Å². The molecule has 0 spiro atoms.